The van der Waals surface area contributed by atoms with Crippen molar-refractivity contribution in [2.75, 3.05) is 6.54 Å². The average Bonchev–Trinajstić information content (AvgIpc) is 2.29. The van der Waals surface area contributed by atoms with Gasteiger partial charge in [0.1, 0.15) is 0 Å². The van der Waals surface area contributed by atoms with Crippen molar-refractivity contribution in [1.29, 1.82) is 0 Å². The number of hydrogen-bond donors (Lipinski definition) is 1. The molecule has 0 bridgehead atoms. The molecule has 0 aliphatic rings. The van der Waals surface area contributed by atoms with Gasteiger partial charge in [-0.05, 0) is 45.1 Å². The monoisotopic (exact) mass is 223 g/mol. The summed E-state index contributed by atoms with van der Waals surface area (Å²) < 4.78 is 0. The van der Waals surface area contributed by atoms with E-state index in [1.165, 1.54) is 38.5 Å². The van der Waals surface area contributed by atoms with E-state index in [9.17, 15) is 0 Å². The van der Waals surface area contributed by atoms with Crippen LogP contribution in [0.25, 0.3) is 0 Å². The van der Waals surface area contributed by atoms with Crippen LogP contribution in [0.15, 0.2) is 23.8 Å². The van der Waals surface area contributed by atoms with Crippen molar-refractivity contribution in [3.63, 3.8) is 0 Å². The van der Waals surface area contributed by atoms with Gasteiger partial charge < -0.3 is 5.73 Å². The zero-order valence-electron chi connectivity index (χ0n) is 11.2. The Morgan fingerprint density at radius 3 is 2.31 bits per heavy atom. The lowest BCUT2D eigenvalue weighted by Gasteiger charge is -2.04. The van der Waals surface area contributed by atoms with Gasteiger partial charge in [-0.3, -0.25) is 0 Å². The summed E-state index contributed by atoms with van der Waals surface area (Å²) in [6.45, 7) is 5.29. The van der Waals surface area contributed by atoms with Gasteiger partial charge in [-0.25, -0.2) is 0 Å². The summed E-state index contributed by atoms with van der Waals surface area (Å²) in [6.07, 6.45) is 16.8. The predicted molar refractivity (Wildman–Crippen MR) is 74.6 cm³/mol. The lowest BCUT2D eigenvalue weighted by Crippen LogP contribution is -1.97. The van der Waals surface area contributed by atoms with Gasteiger partial charge in [-0.1, -0.05) is 50.5 Å². The predicted octanol–water partition coefficient (Wildman–Crippen LogP) is 4.59. The lowest BCUT2D eigenvalue weighted by atomic mass is 10.0. The van der Waals surface area contributed by atoms with Gasteiger partial charge in [0.25, 0.3) is 0 Å². The molecule has 0 saturated heterocycles. The Bertz CT molecular complexity index is 192. The smallest absolute Gasteiger partial charge is 0.00743 e. The second-order valence-electron chi connectivity index (χ2n) is 4.34. The van der Waals surface area contributed by atoms with Gasteiger partial charge in [-0.2, -0.15) is 0 Å². The molecule has 2 N–H and O–H groups in total. The maximum absolute atomic E-state index is 5.50. The Balaban J connectivity index is 3.79. The molecule has 0 aliphatic carbocycles. The molecule has 16 heavy (non-hydrogen) atoms. The van der Waals surface area contributed by atoms with Crippen molar-refractivity contribution in [1.82, 2.24) is 0 Å². The van der Waals surface area contributed by atoms with Crippen molar-refractivity contribution in [2.45, 2.75) is 65.2 Å². The van der Waals surface area contributed by atoms with Crippen molar-refractivity contribution in [3.8, 4) is 0 Å². The van der Waals surface area contributed by atoms with Gasteiger partial charge >= 0.3 is 0 Å². The van der Waals surface area contributed by atoms with Crippen LogP contribution in [0.1, 0.15) is 65.2 Å². The molecule has 0 aliphatic heterocycles. The molecule has 0 rings (SSSR count). The molecule has 0 radical (unpaired) electrons. The Morgan fingerprint density at radius 1 is 0.938 bits per heavy atom. The van der Waals surface area contributed by atoms with Crippen LogP contribution in [-0.2, 0) is 0 Å². The van der Waals surface area contributed by atoms with Crippen LogP contribution in [0.3, 0.4) is 0 Å². The van der Waals surface area contributed by atoms with Crippen molar-refractivity contribution >= 4 is 0 Å². The molecular formula is C15H29N. The zero-order chi connectivity index (χ0) is 12.1. The highest BCUT2D eigenvalue weighted by Crippen LogP contribution is 2.14. The molecule has 94 valence electrons. The summed E-state index contributed by atoms with van der Waals surface area (Å²) in [4.78, 5) is 0. The third kappa shape index (κ3) is 9.97. The molecule has 0 aromatic carbocycles. The van der Waals surface area contributed by atoms with E-state index in [0.717, 1.165) is 19.4 Å². The van der Waals surface area contributed by atoms with Crippen LogP contribution in [-0.4, -0.2) is 6.54 Å². The average molecular weight is 223 g/mol. The van der Waals surface area contributed by atoms with Gasteiger partial charge in [0.15, 0.2) is 0 Å². The molecule has 1 nitrogen and oxygen atoms in total. The van der Waals surface area contributed by atoms with Crippen LogP contribution in [0.2, 0.25) is 0 Å². The summed E-state index contributed by atoms with van der Waals surface area (Å²) in [6, 6.07) is 0. The third-order valence-corrected chi connectivity index (χ3v) is 2.67. The molecule has 0 heterocycles. The Morgan fingerprint density at radius 2 is 1.69 bits per heavy atom. The van der Waals surface area contributed by atoms with Crippen molar-refractivity contribution in [3.05, 3.63) is 23.8 Å². The Kier molecular flexibility index (Phi) is 12.1. The second kappa shape index (κ2) is 12.5. The topological polar surface area (TPSA) is 26.0 Å². The van der Waals surface area contributed by atoms with E-state index in [4.69, 9.17) is 5.73 Å². The summed E-state index contributed by atoms with van der Waals surface area (Å²) in [5.41, 5.74) is 7.13. The first kappa shape index (κ1) is 15.4. The number of hydrogen-bond acceptors (Lipinski definition) is 1. The van der Waals surface area contributed by atoms with Gasteiger partial charge in [0, 0.05) is 0 Å². The first-order valence-corrected chi connectivity index (χ1v) is 6.88. The Hall–Kier alpha value is -0.560. The highest BCUT2D eigenvalue weighted by atomic mass is 14.5. The van der Waals surface area contributed by atoms with Gasteiger partial charge in [0.2, 0.25) is 0 Å². The first-order valence-electron chi connectivity index (χ1n) is 6.88. The molecule has 0 fully saturated rings. The first-order chi connectivity index (χ1) is 7.85. The van der Waals surface area contributed by atoms with Crippen LogP contribution in [0, 0.1) is 0 Å². The second-order valence-corrected chi connectivity index (χ2v) is 4.34. The summed E-state index contributed by atoms with van der Waals surface area (Å²) in [7, 11) is 0. The highest BCUT2D eigenvalue weighted by molar-refractivity contribution is 5.03. The molecule has 0 saturated carbocycles. The fraction of sp³-hybridized carbons (Fsp3) is 0.733. The number of rotatable bonds is 10. The molecule has 0 amide bonds. The maximum atomic E-state index is 5.50. The van der Waals surface area contributed by atoms with E-state index in [2.05, 4.69) is 32.1 Å². The maximum Gasteiger partial charge on any atom is -0.00743 e. The van der Waals surface area contributed by atoms with Crippen LogP contribution < -0.4 is 5.73 Å². The van der Waals surface area contributed by atoms with Gasteiger partial charge in [0.05, 0.1) is 0 Å². The largest absolute Gasteiger partial charge is 0.330 e. The molecular weight excluding hydrogens is 194 g/mol. The van der Waals surface area contributed by atoms with Crippen molar-refractivity contribution in [2.24, 2.45) is 5.73 Å². The van der Waals surface area contributed by atoms with Crippen molar-refractivity contribution < 1.29 is 0 Å². The molecule has 0 aromatic heterocycles. The number of allylic oxidation sites excluding steroid dienone is 4. The minimum absolute atomic E-state index is 0.812. The quantitative estimate of drug-likeness (QED) is 0.425. The van der Waals surface area contributed by atoms with E-state index < -0.39 is 0 Å². The summed E-state index contributed by atoms with van der Waals surface area (Å²) in [5.74, 6) is 0. The molecule has 0 aromatic rings. The highest BCUT2D eigenvalue weighted by Gasteiger charge is 1.94. The molecule has 0 unspecified atom stereocenters. The van der Waals surface area contributed by atoms with E-state index in [0.29, 0.717) is 0 Å². The Labute approximate surface area is 102 Å². The minimum atomic E-state index is 0.812. The van der Waals surface area contributed by atoms with E-state index in [-0.39, 0.29) is 0 Å². The van der Waals surface area contributed by atoms with E-state index in [1.54, 1.807) is 5.57 Å². The third-order valence-electron chi connectivity index (χ3n) is 2.67. The lowest BCUT2D eigenvalue weighted by molar-refractivity contribution is 0.793. The number of unbranched alkanes of at least 4 members (excludes halogenated alkanes) is 2. The van der Waals surface area contributed by atoms with E-state index in [1.807, 2.05) is 0 Å². The van der Waals surface area contributed by atoms with Crippen LogP contribution >= 0.6 is 0 Å². The minimum Gasteiger partial charge on any atom is -0.330 e. The molecule has 0 spiro atoms. The van der Waals surface area contributed by atoms with Crippen LogP contribution in [0.5, 0.6) is 0 Å². The molecule has 0 atom stereocenters. The fourth-order valence-corrected chi connectivity index (χ4v) is 1.75. The van der Waals surface area contributed by atoms with E-state index >= 15 is 0 Å². The van der Waals surface area contributed by atoms with Crippen LogP contribution in [0.4, 0.5) is 0 Å². The van der Waals surface area contributed by atoms with Gasteiger partial charge in [-0.15, -0.1) is 0 Å². The standard InChI is InChI=1S/C15H29N/c1-3-5-6-7-8-12-15(11-4-2)13-9-10-14-16/h6-7,13H,3-5,8-12,14,16H2,1-2H3/b7-6-,15-13+. The summed E-state index contributed by atoms with van der Waals surface area (Å²) in [5, 5.41) is 0. The number of nitrogens with two attached hydrogens (primary N) is 1. The fourth-order valence-electron chi connectivity index (χ4n) is 1.75. The summed E-state index contributed by atoms with van der Waals surface area (Å²) >= 11 is 0. The normalized spacial score (nSPS) is 12.6. The molecule has 1 heteroatoms. The SMILES string of the molecule is CCC/C=C\CC/C(=C/CCCN)CCC. The zero-order valence-corrected chi connectivity index (χ0v) is 11.2.